The van der Waals surface area contributed by atoms with Crippen LogP contribution in [0.2, 0.25) is 0 Å². The maximum atomic E-state index is 13.1. The first kappa shape index (κ1) is 14.3. The minimum Gasteiger partial charge on any atom is -0.497 e. The quantitative estimate of drug-likeness (QED) is 0.908. The zero-order chi connectivity index (χ0) is 13.9. The number of rotatable bonds is 4. The summed E-state index contributed by atoms with van der Waals surface area (Å²) in [5.74, 6) is -1.81. The summed E-state index contributed by atoms with van der Waals surface area (Å²) < 4.78 is 31.3. The van der Waals surface area contributed by atoms with E-state index in [1.165, 1.54) is 0 Å². The number of alkyl halides is 2. The SMILES string of the molecule is COc1cccc(CC(O)C2CCC(F)(F)CC2)c1. The van der Waals surface area contributed by atoms with E-state index in [0.717, 1.165) is 11.3 Å². The van der Waals surface area contributed by atoms with Gasteiger partial charge in [0, 0.05) is 12.8 Å². The molecule has 0 saturated heterocycles. The lowest BCUT2D eigenvalue weighted by atomic mass is 9.81. The maximum absolute atomic E-state index is 13.1. The number of halogens is 2. The third kappa shape index (κ3) is 3.90. The molecule has 1 atom stereocenters. The normalized spacial score (nSPS) is 21.1. The number of aliphatic hydroxyl groups excluding tert-OH is 1. The minimum absolute atomic E-state index is 0.0224. The Balaban J connectivity index is 1.92. The van der Waals surface area contributed by atoms with Crippen molar-refractivity contribution in [2.24, 2.45) is 5.92 Å². The van der Waals surface area contributed by atoms with Crippen molar-refractivity contribution in [1.29, 1.82) is 0 Å². The third-order valence-corrected chi connectivity index (χ3v) is 3.88. The van der Waals surface area contributed by atoms with Crippen LogP contribution in [-0.2, 0) is 6.42 Å². The van der Waals surface area contributed by atoms with Crippen LogP contribution >= 0.6 is 0 Å². The van der Waals surface area contributed by atoms with E-state index in [9.17, 15) is 13.9 Å². The lowest BCUT2D eigenvalue weighted by Crippen LogP contribution is -2.32. The fraction of sp³-hybridized carbons (Fsp3) is 0.600. The van der Waals surface area contributed by atoms with Crippen molar-refractivity contribution in [2.45, 2.75) is 44.1 Å². The largest absolute Gasteiger partial charge is 0.497 e. The van der Waals surface area contributed by atoms with Crippen molar-refractivity contribution < 1.29 is 18.6 Å². The Hall–Kier alpha value is -1.16. The van der Waals surface area contributed by atoms with Crippen LogP contribution in [0.15, 0.2) is 24.3 Å². The van der Waals surface area contributed by atoms with E-state index in [1.54, 1.807) is 7.11 Å². The van der Waals surface area contributed by atoms with Crippen LogP contribution in [0, 0.1) is 5.92 Å². The lowest BCUT2D eigenvalue weighted by Gasteiger charge is -2.31. The average molecular weight is 270 g/mol. The van der Waals surface area contributed by atoms with Gasteiger partial charge in [0.25, 0.3) is 0 Å². The molecule has 1 aromatic carbocycles. The molecule has 1 aromatic rings. The molecule has 1 fully saturated rings. The summed E-state index contributed by atoms with van der Waals surface area (Å²) in [5.41, 5.74) is 0.976. The van der Waals surface area contributed by atoms with Crippen LogP contribution in [0.5, 0.6) is 5.75 Å². The van der Waals surface area contributed by atoms with E-state index in [1.807, 2.05) is 24.3 Å². The highest BCUT2D eigenvalue weighted by atomic mass is 19.3. The predicted molar refractivity (Wildman–Crippen MR) is 69.6 cm³/mol. The van der Waals surface area contributed by atoms with Crippen LogP contribution in [-0.4, -0.2) is 24.2 Å². The van der Waals surface area contributed by atoms with Crippen LogP contribution in [0.4, 0.5) is 8.78 Å². The van der Waals surface area contributed by atoms with Crippen LogP contribution in [0.1, 0.15) is 31.2 Å². The molecule has 1 unspecified atom stereocenters. The van der Waals surface area contributed by atoms with Gasteiger partial charge < -0.3 is 9.84 Å². The number of benzene rings is 1. The van der Waals surface area contributed by atoms with E-state index >= 15 is 0 Å². The van der Waals surface area contributed by atoms with Crippen molar-refractivity contribution in [3.05, 3.63) is 29.8 Å². The highest BCUT2D eigenvalue weighted by Gasteiger charge is 2.37. The summed E-state index contributed by atoms with van der Waals surface area (Å²) in [6, 6.07) is 7.51. The smallest absolute Gasteiger partial charge is 0.248 e. The summed E-state index contributed by atoms with van der Waals surface area (Å²) in [5, 5.41) is 10.2. The molecule has 2 nitrogen and oxygen atoms in total. The highest BCUT2D eigenvalue weighted by Crippen LogP contribution is 2.38. The molecule has 1 aliphatic rings. The van der Waals surface area contributed by atoms with Gasteiger partial charge in [0.05, 0.1) is 13.2 Å². The molecule has 0 radical (unpaired) electrons. The van der Waals surface area contributed by atoms with E-state index in [2.05, 4.69) is 0 Å². The van der Waals surface area contributed by atoms with Gasteiger partial charge >= 0.3 is 0 Å². The van der Waals surface area contributed by atoms with Gasteiger partial charge in [0.2, 0.25) is 5.92 Å². The Morgan fingerprint density at radius 2 is 2.05 bits per heavy atom. The Labute approximate surface area is 112 Å². The number of hydrogen-bond donors (Lipinski definition) is 1. The van der Waals surface area contributed by atoms with E-state index in [0.29, 0.717) is 19.3 Å². The van der Waals surface area contributed by atoms with Crippen molar-refractivity contribution in [2.75, 3.05) is 7.11 Å². The van der Waals surface area contributed by atoms with Crippen LogP contribution in [0.3, 0.4) is 0 Å². The van der Waals surface area contributed by atoms with E-state index in [-0.39, 0.29) is 18.8 Å². The van der Waals surface area contributed by atoms with Crippen molar-refractivity contribution in [3.63, 3.8) is 0 Å². The Morgan fingerprint density at radius 1 is 1.37 bits per heavy atom. The summed E-state index contributed by atoms with van der Waals surface area (Å²) in [6.07, 6.45) is 0.534. The summed E-state index contributed by atoms with van der Waals surface area (Å²) in [4.78, 5) is 0. The predicted octanol–water partition coefficient (Wildman–Crippen LogP) is 3.42. The number of ether oxygens (including phenoxy) is 1. The third-order valence-electron chi connectivity index (χ3n) is 3.88. The molecule has 0 aliphatic heterocycles. The second kappa shape index (κ2) is 5.87. The molecule has 1 aliphatic carbocycles. The van der Waals surface area contributed by atoms with Gasteiger partial charge in [-0.3, -0.25) is 0 Å². The zero-order valence-electron chi connectivity index (χ0n) is 11.1. The fourth-order valence-electron chi connectivity index (χ4n) is 2.65. The first-order valence-corrected chi connectivity index (χ1v) is 6.69. The summed E-state index contributed by atoms with van der Waals surface area (Å²) in [7, 11) is 1.60. The monoisotopic (exact) mass is 270 g/mol. The van der Waals surface area contributed by atoms with Gasteiger partial charge in [-0.15, -0.1) is 0 Å². The summed E-state index contributed by atoms with van der Waals surface area (Å²) >= 11 is 0. The fourth-order valence-corrected chi connectivity index (χ4v) is 2.65. The van der Waals surface area contributed by atoms with Crippen molar-refractivity contribution in [1.82, 2.24) is 0 Å². The second-order valence-corrected chi connectivity index (χ2v) is 5.32. The summed E-state index contributed by atoms with van der Waals surface area (Å²) in [6.45, 7) is 0. The number of methoxy groups -OCH3 is 1. The molecule has 0 spiro atoms. The molecule has 1 N–H and O–H groups in total. The molecular formula is C15H20F2O2. The molecule has 19 heavy (non-hydrogen) atoms. The first-order chi connectivity index (χ1) is 9.00. The minimum atomic E-state index is -2.54. The maximum Gasteiger partial charge on any atom is 0.248 e. The molecule has 4 heteroatoms. The van der Waals surface area contributed by atoms with Crippen LogP contribution < -0.4 is 4.74 Å². The van der Waals surface area contributed by atoms with Gasteiger partial charge in [-0.25, -0.2) is 8.78 Å². The molecule has 0 bridgehead atoms. The van der Waals surface area contributed by atoms with Crippen molar-refractivity contribution in [3.8, 4) is 5.75 Å². The molecular weight excluding hydrogens is 250 g/mol. The van der Waals surface area contributed by atoms with Gasteiger partial charge in [-0.05, 0) is 42.9 Å². The standard InChI is InChI=1S/C15H20F2O2/c1-19-13-4-2-3-11(9-13)10-14(18)12-5-7-15(16,17)8-6-12/h2-4,9,12,14,18H,5-8,10H2,1H3. The Bertz CT molecular complexity index is 410. The van der Waals surface area contributed by atoms with E-state index in [4.69, 9.17) is 4.74 Å². The van der Waals surface area contributed by atoms with Crippen LogP contribution in [0.25, 0.3) is 0 Å². The average Bonchev–Trinajstić information content (AvgIpc) is 2.38. The molecule has 0 amide bonds. The Morgan fingerprint density at radius 3 is 2.68 bits per heavy atom. The second-order valence-electron chi connectivity index (χ2n) is 5.32. The van der Waals surface area contributed by atoms with Gasteiger partial charge in [0.1, 0.15) is 5.75 Å². The Kier molecular flexibility index (Phi) is 4.40. The molecule has 106 valence electrons. The topological polar surface area (TPSA) is 29.5 Å². The van der Waals surface area contributed by atoms with Gasteiger partial charge in [-0.1, -0.05) is 12.1 Å². The number of hydrogen-bond acceptors (Lipinski definition) is 2. The molecule has 2 rings (SSSR count). The lowest BCUT2D eigenvalue weighted by molar-refractivity contribution is -0.0619. The number of aliphatic hydroxyl groups is 1. The molecule has 1 saturated carbocycles. The van der Waals surface area contributed by atoms with E-state index < -0.39 is 12.0 Å². The highest BCUT2D eigenvalue weighted by molar-refractivity contribution is 5.28. The van der Waals surface area contributed by atoms with Crippen molar-refractivity contribution >= 4 is 0 Å². The molecule has 0 aromatic heterocycles. The van der Waals surface area contributed by atoms with Gasteiger partial charge in [0.15, 0.2) is 0 Å². The van der Waals surface area contributed by atoms with Gasteiger partial charge in [-0.2, -0.15) is 0 Å². The zero-order valence-corrected chi connectivity index (χ0v) is 11.1. The first-order valence-electron chi connectivity index (χ1n) is 6.69. The molecule has 0 heterocycles.